The van der Waals surface area contributed by atoms with Crippen LogP contribution in [0.25, 0.3) is 0 Å². The Balaban J connectivity index is 2.69. The topological polar surface area (TPSA) is 81.2 Å². The summed E-state index contributed by atoms with van der Waals surface area (Å²) < 4.78 is 10.4. The fraction of sp³-hybridized carbons (Fsp3) is 0.750. The molecule has 0 aliphatic rings. The fourth-order valence-corrected chi connectivity index (χ4v) is 1.48. The van der Waals surface area contributed by atoms with Crippen molar-refractivity contribution in [1.29, 1.82) is 0 Å². The van der Waals surface area contributed by atoms with Gasteiger partial charge in [-0.15, -0.1) is 0 Å². The lowest BCUT2D eigenvalue weighted by Gasteiger charge is -2.12. The fourth-order valence-electron chi connectivity index (χ4n) is 1.48. The zero-order chi connectivity index (χ0) is 14.1. The highest BCUT2D eigenvalue weighted by Gasteiger charge is 2.08. The number of ether oxygens (including phenoxy) is 2. The van der Waals surface area contributed by atoms with Gasteiger partial charge >= 0.3 is 6.01 Å². The van der Waals surface area contributed by atoms with Gasteiger partial charge in [-0.05, 0) is 19.8 Å². The van der Waals surface area contributed by atoms with Crippen LogP contribution in [0.1, 0.15) is 20.8 Å². The summed E-state index contributed by atoms with van der Waals surface area (Å²) in [6, 6.07) is 0.329. The molecule has 2 N–H and O–H groups in total. The third kappa shape index (κ3) is 5.69. The predicted molar refractivity (Wildman–Crippen MR) is 74.7 cm³/mol. The van der Waals surface area contributed by atoms with Crippen LogP contribution < -0.4 is 15.4 Å². The molecule has 7 heteroatoms. The van der Waals surface area contributed by atoms with Crippen LogP contribution >= 0.6 is 0 Å². The van der Waals surface area contributed by atoms with E-state index in [4.69, 9.17) is 9.47 Å². The molecule has 0 radical (unpaired) electrons. The van der Waals surface area contributed by atoms with E-state index in [-0.39, 0.29) is 0 Å². The van der Waals surface area contributed by atoms with Crippen LogP contribution in [0.2, 0.25) is 0 Å². The van der Waals surface area contributed by atoms with E-state index >= 15 is 0 Å². The SMILES string of the molecule is CCNc1nc(NCC(C)COC)nc(OCC)n1. The van der Waals surface area contributed by atoms with Gasteiger partial charge in [0, 0.05) is 20.2 Å². The van der Waals surface area contributed by atoms with Crippen LogP contribution in [0.3, 0.4) is 0 Å². The van der Waals surface area contributed by atoms with Gasteiger partial charge in [-0.25, -0.2) is 0 Å². The average molecular weight is 269 g/mol. The van der Waals surface area contributed by atoms with E-state index in [9.17, 15) is 0 Å². The first-order valence-electron chi connectivity index (χ1n) is 6.55. The Bertz CT molecular complexity index is 351. The van der Waals surface area contributed by atoms with Gasteiger partial charge in [0.05, 0.1) is 13.2 Å². The van der Waals surface area contributed by atoms with E-state index in [0.29, 0.717) is 37.0 Å². The minimum absolute atomic E-state index is 0.329. The molecule has 1 aromatic rings. The van der Waals surface area contributed by atoms with Crippen molar-refractivity contribution in [3.8, 4) is 6.01 Å². The molecular weight excluding hydrogens is 246 g/mol. The molecule has 0 aliphatic carbocycles. The van der Waals surface area contributed by atoms with Crippen LogP contribution in [-0.4, -0.2) is 48.4 Å². The van der Waals surface area contributed by atoms with Crippen molar-refractivity contribution in [2.45, 2.75) is 20.8 Å². The summed E-state index contributed by atoms with van der Waals surface area (Å²) in [4.78, 5) is 12.6. The largest absolute Gasteiger partial charge is 0.464 e. The molecule has 0 fully saturated rings. The van der Waals surface area contributed by atoms with Crippen molar-refractivity contribution in [3.63, 3.8) is 0 Å². The minimum Gasteiger partial charge on any atom is -0.464 e. The molecular formula is C12H23N5O2. The smallest absolute Gasteiger partial charge is 0.323 e. The third-order valence-corrected chi connectivity index (χ3v) is 2.28. The Labute approximate surface area is 114 Å². The maximum atomic E-state index is 5.32. The van der Waals surface area contributed by atoms with Crippen molar-refractivity contribution in [1.82, 2.24) is 15.0 Å². The highest BCUT2D eigenvalue weighted by atomic mass is 16.5. The Morgan fingerprint density at radius 2 is 1.79 bits per heavy atom. The number of methoxy groups -OCH3 is 1. The van der Waals surface area contributed by atoms with Crippen molar-refractivity contribution in [2.24, 2.45) is 5.92 Å². The van der Waals surface area contributed by atoms with Crippen LogP contribution in [0.15, 0.2) is 0 Å². The Hall–Kier alpha value is -1.63. The summed E-state index contributed by atoms with van der Waals surface area (Å²) >= 11 is 0. The maximum absolute atomic E-state index is 5.32. The van der Waals surface area contributed by atoms with E-state index in [1.54, 1.807) is 7.11 Å². The molecule has 1 rings (SSSR count). The monoisotopic (exact) mass is 269 g/mol. The number of nitrogens with zero attached hydrogens (tertiary/aromatic N) is 3. The number of anilines is 2. The van der Waals surface area contributed by atoms with Crippen LogP contribution in [-0.2, 0) is 4.74 Å². The zero-order valence-electron chi connectivity index (χ0n) is 12.1. The number of nitrogens with one attached hydrogen (secondary N) is 2. The number of hydrogen-bond donors (Lipinski definition) is 2. The van der Waals surface area contributed by atoms with Gasteiger partial charge in [-0.1, -0.05) is 6.92 Å². The normalized spacial score (nSPS) is 12.0. The number of hydrogen-bond acceptors (Lipinski definition) is 7. The molecule has 1 heterocycles. The van der Waals surface area contributed by atoms with Crippen molar-refractivity contribution in [3.05, 3.63) is 0 Å². The summed E-state index contributed by atoms with van der Waals surface area (Å²) in [5, 5.41) is 6.22. The van der Waals surface area contributed by atoms with Crippen LogP contribution in [0.4, 0.5) is 11.9 Å². The highest BCUT2D eigenvalue weighted by molar-refractivity contribution is 5.35. The second-order valence-electron chi connectivity index (χ2n) is 4.17. The van der Waals surface area contributed by atoms with E-state index in [0.717, 1.165) is 13.1 Å². The standard InChI is InChI=1S/C12H23N5O2/c1-5-13-10-15-11(14-7-9(3)8-18-4)17-12(16-10)19-6-2/h9H,5-8H2,1-4H3,(H2,13,14,15,16,17). The van der Waals surface area contributed by atoms with Crippen LogP contribution in [0, 0.1) is 5.92 Å². The minimum atomic E-state index is 0.329. The molecule has 0 aliphatic heterocycles. The van der Waals surface area contributed by atoms with Crippen molar-refractivity contribution < 1.29 is 9.47 Å². The lowest BCUT2D eigenvalue weighted by atomic mass is 10.2. The second-order valence-corrected chi connectivity index (χ2v) is 4.17. The lowest BCUT2D eigenvalue weighted by Crippen LogP contribution is -2.18. The molecule has 1 aromatic heterocycles. The predicted octanol–water partition coefficient (Wildman–Crippen LogP) is 1.40. The quantitative estimate of drug-likeness (QED) is 0.701. The van der Waals surface area contributed by atoms with E-state index < -0.39 is 0 Å². The van der Waals surface area contributed by atoms with Crippen molar-refractivity contribution in [2.75, 3.05) is 44.0 Å². The summed E-state index contributed by atoms with van der Waals surface area (Å²) in [5.41, 5.74) is 0. The van der Waals surface area contributed by atoms with E-state index in [1.165, 1.54) is 0 Å². The average Bonchev–Trinajstić information content (AvgIpc) is 2.37. The number of rotatable bonds is 9. The lowest BCUT2D eigenvalue weighted by molar-refractivity contribution is 0.164. The van der Waals surface area contributed by atoms with E-state index in [1.807, 2.05) is 13.8 Å². The molecule has 0 saturated carbocycles. The molecule has 19 heavy (non-hydrogen) atoms. The number of aromatic nitrogens is 3. The summed E-state index contributed by atoms with van der Waals surface area (Å²) in [6.07, 6.45) is 0. The third-order valence-electron chi connectivity index (χ3n) is 2.28. The Morgan fingerprint density at radius 1 is 1.11 bits per heavy atom. The van der Waals surface area contributed by atoms with Crippen molar-refractivity contribution >= 4 is 11.9 Å². The van der Waals surface area contributed by atoms with Crippen LogP contribution in [0.5, 0.6) is 6.01 Å². The summed E-state index contributed by atoms with van der Waals surface area (Å²) in [6.45, 7) is 8.66. The zero-order valence-corrected chi connectivity index (χ0v) is 12.1. The molecule has 0 bridgehead atoms. The second kappa shape index (κ2) is 8.47. The summed E-state index contributed by atoms with van der Waals surface area (Å²) in [5.74, 6) is 1.40. The molecule has 0 spiro atoms. The molecule has 1 atom stereocenters. The van der Waals surface area contributed by atoms with Gasteiger partial charge in [-0.2, -0.15) is 15.0 Å². The first-order chi connectivity index (χ1) is 9.19. The van der Waals surface area contributed by atoms with Gasteiger partial charge in [-0.3, -0.25) is 0 Å². The van der Waals surface area contributed by atoms with Gasteiger partial charge in [0.2, 0.25) is 11.9 Å². The first kappa shape index (κ1) is 15.4. The Kier molecular flexibility index (Phi) is 6.88. The first-order valence-corrected chi connectivity index (χ1v) is 6.55. The maximum Gasteiger partial charge on any atom is 0.323 e. The van der Waals surface area contributed by atoms with Gasteiger partial charge in [0.25, 0.3) is 0 Å². The van der Waals surface area contributed by atoms with Gasteiger partial charge < -0.3 is 20.1 Å². The molecule has 108 valence electrons. The highest BCUT2D eigenvalue weighted by Crippen LogP contribution is 2.11. The molecule has 0 amide bonds. The Morgan fingerprint density at radius 3 is 2.37 bits per heavy atom. The van der Waals surface area contributed by atoms with E-state index in [2.05, 4.69) is 32.5 Å². The summed E-state index contributed by atoms with van der Waals surface area (Å²) in [7, 11) is 1.69. The van der Waals surface area contributed by atoms with Gasteiger partial charge in [0.1, 0.15) is 0 Å². The van der Waals surface area contributed by atoms with Gasteiger partial charge in [0.15, 0.2) is 0 Å². The molecule has 0 aromatic carbocycles. The molecule has 0 saturated heterocycles. The molecule has 7 nitrogen and oxygen atoms in total. The molecule has 1 unspecified atom stereocenters.